The van der Waals surface area contributed by atoms with E-state index in [4.69, 9.17) is 5.73 Å². The molecule has 1 saturated carbocycles. The van der Waals surface area contributed by atoms with Crippen LogP contribution in [0.5, 0.6) is 0 Å². The Labute approximate surface area is 154 Å². The minimum Gasteiger partial charge on any atom is -0.392 e. The highest BCUT2D eigenvalue weighted by atomic mass is 16.3. The maximum atomic E-state index is 10.4. The second kappa shape index (κ2) is 11.2. The summed E-state index contributed by atoms with van der Waals surface area (Å²) in [6.07, 6.45) is 18.4. The molecule has 0 heterocycles. The van der Waals surface area contributed by atoms with Crippen molar-refractivity contribution in [3.05, 3.63) is 23.8 Å². The third-order valence-electron chi connectivity index (χ3n) is 6.06. The zero-order valence-electron chi connectivity index (χ0n) is 16.1. The zero-order valence-corrected chi connectivity index (χ0v) is 16.1. The van der Waals surface area contributed by atoms with Crippen molar-refractivity contribution in [1.29, 1.82) is 0 Å². The minimum absolute atomic E-state index is 0.219. The fraction of sp³-hybridized carbons (Fsp3) is 0.818. The van der Waals surface area contributed by atoms with Crippen LogP contribution in [0.2, 0.25) is 0 Å². The summed E-state index contributed by atoms with van der Waals surface area (Å²) >= 11 is 0. The van der Waals surface area contributed by atoms with E-state index in [2.05, 4.69) is 19.1 Å². The lowest BCUT2D eigenvalue weighted by Crippen LogP contribution is -2.18. The Kier molecular flexibility index (Phi) is 9.22. The molecule has 2 rings (SSSR count). The Morgan fingerprint density at radius 2 is 2.00 bits per heavy atom. The van der Waals surface area contributed by atoms with E-state index >= 15 is 0 Å². The third-order valence-corrected chi connectivity index (χ3v) is 6.06. The molecule has 0 aromatic rings. The molecule has 2 aliphatic rings. The van der Waals surface area contributed by atoms with Gasteiger partial charge in [-0.3, -0.25) is 0 Å². The zero-order chi connectivity index (χ0) is 18.1. The van der Waals surface area contributed by atoms with Crippen LogP contribution in [0.3, 0.4) is 0 Å². The van der Waals surface area contributed by atoms with Gasteiger partial charge in [0.25, 0.3) is 0 Å². The molecule has 0 bridgehead atoms. The van der Waals surface area contributed by atoms with Crippen molar-refractivity contribution in [1.82, 2.24) is 0 Å². The minimum atomic E-state index is -0.353. The second-order valence-electron chi connectivity index (χ2n) is 8.14. The van der Waals surface area contributed by atoms with Crippen LogP contribution >= 0.6 is 0 Å². The first-order valence-corrected chi connectivity index (χ1v) is 10.6. The second-order valence-corrected chi connectivity index (χ2v) is 8.14. The van der Waals surface area contributed by atoms with Gasteiger partial charge in [0.2, 0.25) is 0 Å². The van der Waals surface area contributed by atoms with E-state index in [1.807, 2.05) is 6.08 Å². The Balaban J connectivity index is 1.76. The molecule has 5 atom stereocenters. The molecule has 0 spiro atoms. The summed E-state index contributed by atoms with van der Waals surface area (Å²) < 4.78 is 0. The number of hydrogen-bond acceptors (Lipinski definition) is 3. The van der Waals surface area contributed by atoms with E-state index in [9.17, 15) is 10.2 Å². The number of fused-ring (bicyclic) bond motifs is 1. The molecule has 0 aliphatic heterocycles. The lowest BCUT2D eigenvalue weighted by molar-refractivity contribution is 0.139. The molecule has 144 valence electrons. The fourth-order valence-electron chi connectivity index (χ4n) is 4.60. The quantitative estimate of drug-likeness (QED) is 0.363. The van der Waals surface area contributed by atoms with Crippen molar-refractivity contribution in [2.45, 2.75) is 89.8 Å². The number of unbranched alkanes of at least 4 members (excludes halogenated alkanes) is 5. The van der Waals surface area contributed by atoms with Gasteiger partial charge >= 0.3 is 0 Å². The smallest absolute Gasteiger partial charge is 0.0721 e. The molecule has 4 N–H and O–H groups in total. The van der Waals surface area contributed by atoms with E-state index in [1.54, 1.807) is 5.57 Å². The van der Waals surface area contributed by atoms with Gasteiger partial charge in [0.1, 0.15) is 0 Å². The van der Waals surface area contributed by atoms with Crippen molar-refractivity contribution < 1.29 is 10.2 Å². The summed E-state index contributed by atoms with van der Waals surface area (Å²) in [5, 5.41) is 20.5. The Morgan fingerprint density at radius 1 is 1.20 bits per heavy atom. The molecular weight excluding hydrogens is 310 g/mol. The lowest BCUT2D eigenvalue weighted by atomic mass is 9.88. The van der Waals surface area contributed by atoms with Crippen molar-refractivity contribution in [3.8, 4) is 0 Å². The van der Waals surface area contributed by atoms with Crippen LogP contribution in [0.25, 0.3) is 0 Å². The van der Waals surface area contributed by atoms with Gasteiger partial charge in [-0.05, 0) is 56.9 Å². The average Bonchev–Trinajstić information content (AvgIpc) is 3.09. The summed E-state index contributed by atoms with van der Waals surface area (Å²) in [6, 6.07) is 0. The van der Waals surface area contributed by atoms with E-state index in [1.165, 1.54) is 38.5 Å². The molecule has 0 amide bonds. The number of rotatable bonds is 12. The highest BCUT2D eigenvalue weighted by Gasteiger charge is 2.43. The molecule has 0 aromatic carbocycles. The van der Waals surface area contributed by atoms with Crippen LogP contribution in [0.15, 0.2) is 23.8 Å². The molecule has 3 nitrogen and oxygen atoms in total. The standard InChI is InChI=1S/C22H39NO2/c1-2-3-6-10-19(24)11-12-20-21-15-17(9-7-4-5-8-13-23)14-18(21)16-22(20)25/h11-12,14,18-22,24-25H,2-10,13,15-16,23H2,1H3/t18-,19-,20+,21-,22+/m0/s1. The molecule has 3 heteroatoms. The van der Waals surface area contributed by atoms with Gasteiger partial charge in [-0.25, -0.2) is 0 Å². The average molecular weight is 350 g/mol. The van der Waals surface area contributed by atoms with Crippen molar-refractivity contribution in [2.24, 2.45) is 23.5 Å². The van der Waals surface area contributed by atoms with Gasteiger partial charge in [0, 0.05) is 5.92 Å². The predicted octanol–water partition coefficient (Wildman–Crippen LogP) is 4.34. The predicted molar refractivity (Wildman–Crippen MR) is 105 cm³/mol. The Hall–Kier alpha value is -0.640. The summed E-state index contributed by atoms with van der Waals surface area (Å²) in [4.78, 5) is 0. The monoisotopic (exact) mass is 349 g/mol. The molecule has 25 heavy (non-hydrogen) atoms. The van der Waals surface area contributed by atoms with E-state index in [0.29, 0.717) is 11.8 Å². The molecule has 0 saturated heterocycles. The fourth-order valence-corrected chi connectivity index (χ4v) is 4.60. The molecule has 0 radical (unpaired) electrons. The first kappa shape index (κ1) is 20.7. The van der Waals surface area contributed by atoms with Crippen LogP contribution in [0, 0.1) is 17.8 Å². The molecule has 0 aromatic heterocycles. The molecule has 2 aliphatic carbocycles. The third kappa shape index (κ3) is 6.54. The van der Waals surface area contributed by atoms with Gasteiger partial charge in [-0.15, -0.1) is 0 Å². The summed E-state index contributed by atoms with van der Waals surface area (Å²) in [6.45, 7) is 2.99. The van der Waals surface area contributed by atoms with Crippen LogP contribution in [0.1, 0.15) is 77.6 Å². The topological polar surface area (TPSA) is 66.5 Å². The van der Waals surface area contributed by atoms with Crippen molar-refractivity contribution >= 4 is 0 Å². The molecular formula is C22H39NO2. The lowest BCUT2D eigenvalue weighted by Gasteiger charge is -2.19. The highest BCUT2D eigenvalue weighted by molar-refractivity contribution is 5.20. The van der Waals surface area contributed by atoms with E-state index < -0.39 is 0 Å². The maximum absolute atomic E-state index is 10.4. The first-order valence-electron chi connectivity index (χ1n) is 10.6. The Morgan fingerprint density at radius 3 is 2.76 bits per heavy atom. The van der Waals surface area contributed by atoms with Gasteiger partial charge in [0.05, 0.1) is 12.2 Å². The number of aliphatic hydroxyl groups is 2. The van der Waals surface area contributed by atoms with Gasteiger partial charge < -0.3 is 15.9 Å². The number of allylic oxidation sites excluding steroid dienone is 2. The van der Waals surface area contributed by atoms with E-state index in [-0.39, 0.29) is 18.1 Å². The first-order chi connectivity index (χ1) is 12.2. The highest BCUT2D eigenvalue weighted by Crippen LogP contribution is 2.48. The SMILES string of the molecule is CCCCC[C@H](O)C=C[C@@H]1[C@H]2CC(CCCCCCN)=C[C@H]2C[C@H]1O. The van der Waals surface area contributed by atoms with Crippen LogP contribution in [-0.4, -0.2) is 29.0 Å². The van der Waals surface area contributed by atoms with Crippen LogP contribution < -0.4 is 5.73 Å². The van der Waals surface area contributed by atoms with Gasteiger partial charge in [-0.1, -0.05) is 62.8 Å². The summed E-state index contributed by atoms with van der Waals surface area (Å²) in [5.41, 5.74) is 7.14. The van der Waals surface area contributed by atoms with Gasteiger partial charge in [-0.2, -0.15) is 0 Å². The number of aliphatic hydroxyl groups excluding tert-OH is 2. The normalized spacial score (nSPS) is 30.0. The van der Waals surface area contributed by atoms with Crippen molar-refractivity contribution in [2.75, 3.05) is 6.54 Å². The maximum Gasteiger partial charge on any atom is 0.0721 e. The summed E-state index contributed by atoms with van der Waals surface area (Å²) in [5.74, 6) is 1.31. The molecule has 0 unspecified atom stereocenters. The van der Waals surface area contributed by atoms with E-state index in [0.717, 1.165) is 38.6 Å². The summed E-state index contributed by atoms with van der Waals surface area (Å²) in [7, 11) is 0. The molecule has 1 fully saturated rings. The largest absolute Gasteiger partial charge is 0.392 e. The van der Waals surface area contributed by atoms with Gasteiger partial charge in [0.15, 0.2) is 0 Å². The Bertz CT molecular complexity index is 432. The van der Waals surface area contributed by atoms with Crippen LogP contribution in [-0.2, 0) is 0 Å². The number of hydrogen-bond donors (Lipinski definition) is 3. The van der Waals surface area contributed by atoms with Crippen molar-refractivity contribution in [3.63, 3.8) is 0 Å². The number of nitrogens with two attached hydrogens (primary N) is 1. The van der Waals surface area contributed by atoms with Crippen LogP contribution in [0.4, 0.5) is 0 Å².